The first-order valence-electron chi connectivity index (χ1n) is 6.01. The van der Waals surface area contributed by atoms with Gasteiger partial charge in [-0.2, -0.15) is 4.98 Å². The van der Waals surface area contributed by atoms with Crippen LogP contribution in [0.1, 0.15) is 24.5 Å². The van der Waals surface area contributed by atoms with Crippen molar-refractivity contribution >= 4 is 11.0 Å². The Kier molecular flexibility index (Phi) is 2.59. The highest BCUT2D eigenvalue weighted by molar-refractivity contribution is 5.75. The van der Waals surface area contributed by atoms with Crippen molar-refractivity contribution in [3.05, 3.63) is 41.8 Å². The molecule has 0 N–H and O–H groups in total. The van der Waals surface area contributed by atoms with Crippen LogP contribution >= 0.6 is 0 Å². The van der Waals surface area contributed by atoms with Crippen LogP contribution in [-0.2, 0) is 13.0 Å². The number of aryl methyl sites for hydroxylation is 2. The van der Waals surface area contributed by atoms with Gasteiger partial charge in [0.25, 0.3) is 0 Å². The molecule has 0 atom stereocenters. The molecule has 5 nitrogen and oxygen atoms in total. The molecule has 3 rings (SSSR count). The summed E-state index contributed by atoms with van der Waals surface area (Å²) in [5.74, 6) is 2.32. The molecule has 3 aromatic rings. The summed E-state index contributed by atoms with van der Waals surface area (Å²) in [4.78, 5) is 8.85. The molecular formula is C13H14N4O. The summed E-state index contributed by atoms with van der Waals surface area (Å²) in [6.07, 6.45) is 0.880. The van der Waals surface area contributed by atoms with Gasteiger partial charge in [0.15, 0.2) is 5.82 Å². The molecule has 0 saturated carbocycles. The summed E-state index contributed by atoms with van der Waals surface area (Å²) in [5, 5.41) is 3.94. The summed E-state index contributed by atoms with van der Waals surface area (Å²) >= 11 is 0. The Labute approximate surface area is 104 Å². The van der Waals surface area contributed by atoms with Gasteiger partial charge in [0.2, 0.25) is 5.89 Å². The van der Waals surface area contributed by atoms with E-state index in [1.807, 2.05) is 18.2 Å². The number of hydrogen-bond acceptors (Lipinski definition) is 4. The number of imidazole rings is 1. The fraction of sp³-hybridized carbons (Fsp3) is 0.308. The van der Waals surface area contributed by atoms with Crippen LogP contribution in [0.15, 0.2) is 28.8 Å². The zero-order chi connectivity index (χ0) is 12.5. The van der Waals surface area contributed by atoms with Gasteiger partial charge in [-0.05, 0) is 12.1 Å². The lowest BCUT2D eigenvalue weighted by molar-refractivity contribution is 0.386. The van der Waals surface area contributed by atoms with Gasteiger partial charge in [0, 0.05) is 13.3 Å². The summed E-state index contributed by atoms with van der Waals surface area (Å²) in [5.41, 5.74) is 2.12. The molecule has 0 aliphatic rings. The number of rotatable bonds is 3. The van der Waals surface area contributed by atoms with E-state index in [4.69, 9.17) is 4.52 Å². The predicted octanol–water partition coefficient (Wildman–Crippen LogP) is 2.34. The number of benzene rings is 1. The molecule has 2 heterocycles. The van der Waals surface area contributed by atoms with E-state index in [1.54, 1.807) is 6.92 Å². The van der Waals surface area contributed by atoms with Crippen LogP contribution in [0.25, 0.3) is 11.0 Å². The van der Waals surface area contributed by atoms with Crippen molar-refractivity contribution in [3.63, 3.8) is 0 Å². The van der Waals surface area contributed by atoms with E-state index in [9.17, 15) is 0 Å². The SMILES string of the molecule is CCc1nc2ccccc2n1Cc1noc(C)n1. The smallest absolute Gasteiger partial charge is 0.223 e. The van der Waals surface area contributed by atoms with E-state index in [1.165, 1.54) is 0 Å². The van der Waals surface area contributed by atoms with E-state index < -0.39 is 0 Å². The molecule has 0 bridgehead atoms. The maximum atomic E-state index is 5.00. The van der Waals surface area contributed by atoms with Crippen LogP contribution in [0.2, 0.25) is 0 Å². The van der Waals surface area contributed by atoms with Gasteiger partial charge in [-0.15, -0.1) is 0 Å². The zero-order valence-corrected chi connectivity index (χ0v) is 10.4. The average Bonchev–Trinajstić information content (AvgIpc) is 2.94. The second-order valence-electron chi connectivity index (χ2n) is 4.19. The van der Waals surface area contributed by atoms with E-state index in [0.29, 0.717) is 18.3 Å². The quantitative estimate of drug-likeness (QED) is 0.707. The summed E-state index contributed by atoms with van der Waals surface area (Å²) in [6, 6.07) is 8.10. The Hall–Kier alpha value is -2.17. The third-order valence-electron chi connectivity index (χ3n) is 2.92. The standard InChI is InChI=1S/C13H14N4O/c1-3-13-15-10-6-4-5-7-11(10)17(13)8-12-14-9(2)18-16-12/h4-7H,3,8H2,1-2H3. The predicted molar refractivity (Wildman–Crippen MR) is 67.2 cm³/mol. The van der Waals surface area contributed by atoms with Gasteiger partial charge in [-0.25, -0.2) is 4.98 Å². The molecule has 0 aliphatic carbocycles. The molecule has 92 valence electrons. The third kappa shape index (κ3) is 1.77. The van der Waals surface area contributed by atoms with Crippen molar-refractivity contribution in [2.75, 3.05) is 0 Å². The molecule has 0 spiro atoms. The van der Waals surface area contributed by atoms with Gasteiger partial charge < -0.3 is 9.09 Å². The second-order valence-corrected chi connectivity index (χ2v) is 4.19. The lowest BCUT2D eigenvalue weighted by atomic mass is 10.3. The third-order valence-corrected chi connectivity index (χ3v) is 2.92. The molecule has 0 amide bonds. The Bertz CT molecular complexity index is 683. The maximum Gasteiger partial charge on any atom is 0.223 e. The Morgan fingerprint density at radius 1 is 1.22 bits per heavy atom. The lowest BCUT2D eigenvalue weighted by Gasteiger charge is -2.04. The highest BCUT2D eigenvalue weighted by Crippen LogP contribution is 2.17. The van der Waals surface area contributed by atoms with E-state index in [0.717, 1.165) is 23.3 Å². The molecule has 0 unspecified atom stereocenters. The Morgan fingerprint density at radius 3 is 2.78 bits per heavy atom. The van der Waals surface area contributed by atoms with Crippen molar-refractivity contribution in [3.8, 4) is 0 Å². The summed E-state index contributed by atoms with van der Waals surface area (Å²) in [6.45, 7) is 4.49. The Balaban J connectivity index is 2.09. The molecule has 18 heavy (non-hydrogen) atoms. The zero-order valence-electron chi connectivity index (χ0n) is 10.4. The first kappa shape index (κ1) is 11.0. The first-order valence-corrected chi connectivity index (χ1v) is 6.01. The minimum atomic E-state index is 0.590. The normalized spacial score (nSPS) is 11.2. The van der Waals surface area contributed by atoms with E-state index in [2.05, 4.69) is 32.7 Å². The second kappa shape index (κ2) is 4.25. The average molecular weight is 242 g/mol. The molecule has 2 aromatic heterocycles. The van der Waals surface area contributed by atoms with Crippen LogP contribution in [0.5, 0.6) is 0 Å². The van der Waals surface area contributed by atoms with Crippen LogP contribution in [0, 0.1) is 6.92 Å². The number of para-hydroxylation sites is 2. The highest BCUT2D eigenvalue weighted by Gasteiger charge is 2.11. The highest BCUT2D eigenvalue weighted by atomic mass is 16.5. The molecule has 0 aliphatic heterocycles. The molecule has 5 heteroatoms. The number of hydrogen-bond donors (Lipinski definition) is 0. The minimum Gasteiger partial charge on any atom is -0.340 e. The van der Waals surface area contributed by atoms with Crippen LogP contribution in [-0.4, -0.2) is 19.7 Å². The van der Waals surface area contributed by atoms with Gasteiger partial charge in [-0.3, -0.25) is 0 Å². The molecular weight excluding hydrogens is 228 g/mol. The fourth-order valence-electron chi connectivity index (χ4n) is 2.12. The van der Waals surface area contributed by atoms with Gasteiger partial charge in [0.05, 0.1) is 17.6 Å². The molecule has 0 fully saturated rings. The number of aromatic nitrogens is 4. The Morgan fingerprint density at radius 2 is 2.06 bits per heavy atom. The summed E-state index contributed by atoms with van der Waals surface area (Å²) in [7, 11) is 0. The van der Waals surface area contributed by atoms with E-state index >= 15 is 0 Å². The van der Waals surface area contributed by atoms with Crippen LogP contribution in [0.3, 0.4) is 0 Å². The van der Waals surface area contributed by atoms with Gasteiger partial charge in [-0.1, -0.05) is 24.2 Å². The van der Waals surface area contributed by atoms with Crippen LogP contribution < -0.4 is 0 Å². The fourth-order valence-corrected chi connectivity index (χ4v) is 2.12. The molecule has 1 aromatic carbocycles. The maximum absolute atomic E-state index is 5.00. The van der Waals surface area contributed by atoms with Gasteiger partial charge >= 0.3 is 0 Å². The van der Waals surface area contributed by atoms with Crippen molar-refractivity contribution in [2.45, 2.75) is 26.8 Å². The monoisotopic (exact) mass is 242 g/mol. The molecule has 0 saturated heterocycles. The summed E-state index contributed by atoms with van der Waals surface area (Å²) < 4.78 is 7.14. The van der Waals surface area contributed by atoms with Crippen molar-refractivity contribution in [1.29, 1.82) is 0 Å². The topological polar surface area (TPSA) is 56.7 Å². The van der Waals surface area contributed by atoms with Gasteiger partial charge in [0.1, 0.15) is 5.82 Å². The van der Waals surface area contributed by atoms with Crippen molar-refractivity contribution in [2.24, 2.45) is 0 Å². The molecule has 0 radical (unpaired) electrons. The number of fused-ring (bicyclic) bond motifs is 1. The number of nitrogens with zero attached hydrogens (tertiary/aromatic N) is 4. The van der Waals surface area contributed by atoms with E-state index in [-0.39, 0.29) is 0 Å². The van der Waals surface area contributed by atoms with Crippen molar-refractivity contribution in [1.82, 2.24) is 19.7 Å². The largest absolute Gasteiger partial charge is 0.340 e. The first-order chi connectivity index (χ1) is 8.78. The van der Waals surface area contributed by atoms with Crippen LogP contribution in [0.4, 0.5) is 0 Å². The van der Waals surface area contributed by atoms with Crippen molar-refractivity contribution < 1.29 is 4.52 Å². The lowest BCUT2D eigenvalue weighted by Crippen LogP contribution is -2.05. The minimum absolute atomic E-state index is 0.590.